The van der Waals surface area contributed by atoms with Crippen LogP contribution in [0.2, 0.25) is 0 Å². The molecule has 1 aliphatic carbocycles. The Kier molecular flexibility index (Phi) is 3.08. The summed E-state index contributed by atoms with van der Waals surface area (Å²) in [5, 5.41) is 3.01. The van der Waals surface area contributed by atoms with Crippen LogP contribution in [0.15, 0.2) is 18.5 Å². The van der Waals surface area contributed by atoms with Gasteiger partial charge in [0, 0.05) is 38.7 Å². The second-order valence-corrected chi connectivity index (χ2v) is 4.30. The Balaban J connectivity index is 2.11. The molecule has 1 heterocycles. The number of pyridine rings is 1. The van der Waals surface area contributed by atoms with Gasteiger partial charge in [-0.25, -0.2) is 0 Å². The summed E-state index contributed by atoms with van der Waals surface area (Å²) in [6, 6.07) is 1.82. The lowest BCUT2D eigenvalue weighted by Crippen LogP contribution is -2.29. The lowest BCUT2D eigenvalue weighted by atomic mass is 10.2. The average molecular weight is 219 g/mol. The number of nitrogens with one attached hydrogen (secondary N) is 1. The van der Waals surface area contributed by atoms with Crippen molar-refractivity contribution in [1.82, 2.24) is 9.88 Å². The first-order valence-electron chi connectivity index (χ1n) is 5.59. The van der Waals surface area contributed by atoms with Gasteiger partial charge in [0.15, 0.2) is 0 Å². The second kappa shape index (κ2) is 4.51. The van der Waals surface area contributed by atoms with Gasteiger partial charge in [0.25, 0.3) is 5.91 Å². The molecule has 1 N–H and O–H groups in total. The smallest absolute Gasteiger partial charge is 0.257 e. The van der Waals surface area contributed by atoms with Crippen molar-refractivity contribution in [2.45, 2.75) is 12.8 Å². The van der Waals surface area contributed by atoms with Gasteiger partial charge >= 0.3 is 0 Å². The maximum Gasteiger partial charge on any atom is 0.257 e. The molecule has 0 unspecified atom stereocenters. The van der Waals surface area contributed by atoms with Gasteiger partial charge in [-0.15, -0.1) is 0 Å². The van der Waals surface area contributed by atoms with E-state index < -0.39 is 0 Å². The molecule has 0 saturated heterocycles. The third-order valence-electron chi connectivity index (χ3n) is 2.90. The minimum absolute atomic E-state index is 0.0457. The Labute approximate surface area is 95.7 Å². The Morgan fingerprint density at radius 2 is 2.38 bits per heavy atom. The van der Waals surface area contributed by atoms with Gasteiger partial charge in [-0.2, -0.15) is 0 Å². The lowest BCUT2D eigenvalue weighted by molar-refractivity contribution is 0.0789. The fraction of sp³-hybridized carbons (Fsp3) is 0.500. The van der Waals surface area contributed by atoms with Crippen molar-refractivity contribution in [3.8, 4) is 0 Å². The minimum Gasteiger partial charge on any atom is -0.387 e. The number of hydrogen-bond donors (Lipinski definition) is 1. The molecule has 4 heteroatoms. The van der Waals surface area contributed by atoms with Crippen LogP contribution >= 0.6 is 0 Å². The van der Waals surface area contributed by atoms with Gasteiger partial charge < -0.3 is 10.2 Å². The highest BCUT2D eigenvalue weighted by atomic mass is 16.2. The van der Waals surface area contributed by atoms with E-state index in [1.165, 1.54) is 12.8 Å². The normalized spacial score (nSPS) is 14.6. The molecule has 1 aliphatic rings. The molecule has 2 rings (SSSR count). The number of carbonyl (C=O) groups is 1. The predicted molar refractivity (Wildman–Crippen MR) is 63.5 cm³/mol. The van der Waals surface area contributed by atoms with Crippen molar-refractivity contribution in [2.75, 3.05) is 26.0 Å². The largest absolute Gasteiger partial charge is 0.387 e. The van der Waals surface area contributed by atoms with Crippen LogP contribution < -0.4 is 5.32 Å². The van der Waals surface area contributed by atoms with E-state index in [-0.39, 0.29) is 5.91 Å². The van der Waals surface area contributed by atoms with E-state index in [0.29, 0.717) is 11.5 Å². The quantitative estimate of drug-likeness (QED) is 0.836. The number of anilines is 1. The topological polar surface area (TPSA) is 45.2 Å². The molecule has 1 fully saturated rings. The summed E-state index contributed by atoms with van der Waals surface area (Å²) in [5.41, 5.74) is 1.48. The van der Waals surface area contributed by atoms with Crippen LogP contribution in [0.25, 0.3) is 0 Å². The summed E-state index contributed by atoms with van der Waals surface area (Å²) in [6.07, 6.45) is 5.81. The van der Waals surface area contributed by atoms with E-state index in [9.17, 15) is 4.79 Å². The highest BCUT2D eigenvalue weighted by molar-refractivity contribution is 5.99. The molecule has 86 valence electrons. The summed E-state index contributed by atoms with van der Waals surface area (Å²) in [5.74, 6) is 0.757. The number of carbonyl (C=O) groups excluding carboxylic acids is 1. The number of nitrogens with zero attached hydrogens (tertiary/aromatic N) is 2. The van der Waals surface area contributed by atoms with E-state index >= 15 is 0 Å². The maximum atomic E-state index is 12.1. The zero-order valence-electron chi connectivity index (χ0n) is 9.73. The molecular formula is C12H17N3O. The molecule has 1 aromatic rings. The Hall–Kier alpha value is -1.58. The van der Waals surface area contributed by atoms with E-state index in [1.54, 1.807) is 17.3 Å². The second-order valence-electron chi connectivity index (χ2n) is 4.30. The highest BCUT2D eigenvalue weighted by Crippen LogP contribution is 2.30. The average Bonchev–Trinajstić information content (AvgIpc) is 3.11. The molecule has 1 aromatic heterocycles. The van der Waals surface area contributed by atoms with Gasteiger partial charge in [0.05, 0.1) is 5.56 Å². The van der Waals surface area contributed by atoms with Crippen molar-refractivity contribution in [3.63, 3.8) is 0 Å². The Morgan fingerprint density at radius 1 is 1.62 bits per heavy atom. The first-order chi connectivity index (χ1) is 7.72. The van der Waals surface area contributed by atoms with Gasteiger partial charge in [-0.05, 0) is 24.8 Å². The Bertz CT molecular complexity index is 388. The molecule has 1 amide bonds. The summed E-state index contributed by atoms with van der Waals surface area (Å²) < 4.78 is 0. The van der Waals surface area contributed by atoms with Crippen molar-refractivity contribution >= 4 is 11.6 Å². The van der Waals surface area contributed by atoms with Crippen LogP contribution in [0.4, 0.5) is 5.69 Å². The van der Waals surface area contributed by atoms with Crippen molar-refractivity contribution in [2.24, 2.45) is 5.92 Å². The predicted octanol–water partition coefficient (Wildman–Crippen LogP) is 1.61. The zero-order chi connectivity index (χ0) is 11.5. The third kappa shape index (κ3) is 2.32. The fourth-order valence-corrected chi connectivity index (χ4v) is 1.76. The summed E-state index contributed by atoms with van der Waals surface area (Å²) in [4.78, 5) is 17.9. The van der Waals surface area contributed by atoms with Gasteiger partial charge in [-0.3, -0.25) is 9.78 Å². The van der Waals surface area contributed by atoms with Crippen LogP contribution in [0.5, 0.6) is 0 Å². The van der Waals surface area contributed by atoms with Gasteiger partial charge in [0.2, 0.25) is 0 Å². The molecule has 0 bridgehead atoms. The molecule has 0 atom stereocenters. The molecule has 0 spiro atoms. The van der Waals surface area contributed by atoms with Gasteiger partial charge in [0.1, 0.15) is 0 Å². The maximum absolute atomic E-state index is 12.1. The lowest BCUT2D eigenvalue weighted by Gasteiger charge is -2.18. The standard InChI is InChI=1S/C12H17N3O/c1-13-11-5-6-14-7-10(11)12(16)15(2)8-9-3-4-9/h5-7,9H,3-4,8H2,1-2H3,(H,13,14). The molecular weight excluding hydrogens is 202 g/mol. The van der Waals surface area contributed by atoms with Crippen molar-refractivity contribution in [1.29, 1.82) is 0 Å². The highest BCUT2D eigenvalue weighted by Gasteiger charge is 2.26. The first kappa shape index (κ1) is 10.9. The molecule has 4 nitrogen and oxygen atoms in total. The fourth-order valence-electron chi connectivity index (χ4n) is 1.76. The summed E-state index contributed by atoms with van der Waals surface area (Å²) >= 11 is 0. The van der Waals surface area contributed by atoms with Crippen LogP contribution in [0, 0.1) is 5.92 Å². The number of hydrogen-bond acceptors (Lipinski definition) is 3. The third-order valence-corrected chi connectivity index (χ3v) is 2.90. The van der Waals surface area contributed by atoms with Crippen LogP contribution in [-0.4, -0.2) is 36.4 Å². The molecule has 0 radical (unpaired) electrons. The molecule has 0 aromatic carbocycles. The number of rotatable bonds is 4. The van der Waals surface area contributed by atoms with E-state index in [0.717, 1.165) is 12.2 Å². The molecule has 1 saturated carbocycles. The van der Waals surface area contributed by atoms with E-state index in [2.05, 4.69) is 10.3 Å². The van der Waals surface area contributed by atoms with Crippen molar-refractivity contribution in [3.05, 3.63) is 24.0 Å². The molecule has 0 aliphatic heterocycles. The van der Waals surface area contributed by atoms with Crippen LogP contribution in [0.3, 0.4) is 0 Å². The molecule has 16 heavy (non-hydrogen) atoms. The monoisotopic (exact) mass is 219 g/mol. The zero-order valence-corrected chi connectivity index (χ0v) is 9.73. The SMILES string of the molecule is CNc1ccncc1C(=O)N(C)CC1CC1. The Morgan fingerprint density at radius 3 is 3.00 bits per heavy atom. The van der Waals surface area contributed by atoms with E-state index in [4.69, 9.17) is 0 Å². The number of amides is 1. The first-order valence-corrected chi connectivity index (χ1v) is 5.59. The van der Waals surface area contributed by atoms with Crippen LogP contribution in [0.1, 0.15) is 23.2 Å². The van der Waals surface area contributed by atoms with Crippen LogP contribution in [-0.2, 0) is 0 Å². The van der Waals surface area contributed by atoms with Crippen molar-refractivity contribution < 1.29 is 4.79 Å². The van der Waals surface area contributed by atoms with Gasteiger partial charge in [-0.1, -0.05) is 0 Å². The summed E-state index contributed by atoms with van der Waals surface area (Å²) in [7, 11) is 3.67. The summed E-state index contributed by atoms with van der Waals surface area (Å²) in [6.45, 7) is 0.858. The van der Waals surface area contributed by atoms with E-state index in [1.807, 2.05) is 20.2 Å². The minimum atomic E-state index is 0.0457. The number of aromatic nitrogens is 1.